The van der Waals surface area contributed by atoms with Gasteiger partial charge < -0.3 is 4.90 Å². The summed E-state index contributed by atoms with van der Waals surface area (Å²) in [6.45, 7) is 6.71. The quantitative estimate of drug-likeness (QED) is 0.801. The Kier molecular flexibility index (Phi) is 3.78. The zero-order valence-corrected chi connectivity index (χ0v) is 12.6. The Morgan fingerprint density at radius 1 is 1.37 bits per heavy atom. The van der Waals surface area contributed by atoms with Crippen molar-refractivity contribution in [3.63, 3.8) is 0 Å². The highest BCUT2D eigenvalue weighted by molar-refractivity contribution is 7.92. The van der Waals surface area contributed by atoms with E-state index >= 15 is 0 Å². The summed E-state index contributed by atoms with van der Waals surface area (Å²) in [5.41, 5.74) is -0.241. The van der Waals surface area contributed by atoms with Gasteiger partial charge in [0.2, 0.25) is 0 Å². The fraction of sp³-hybridized carbons (Fsp3) is 0.714. The zero-order chi connectivity index (χ0) is 14.3. The second-order valence-electron chi connectivity index (χ2n) is 5.87. The number of hydrogen-bond donors (Lipinski definition) is 0. The lowest BCUT2D eigenvalue weighted by atomic mass is 9.83. The zero-order valence-electron chi connectivity index (χ0n) is 11.8. The van der Waals surface area contributed by atoms with Crippen LogP contribution in [0.4, 0.5) is 4.39 Å². The van der Waals surface area contributed by atoms with Gasteiger partial charge in [-0.1, -0.05) is 20.8 Å². The molecule has 1 saturated heterocycles. The Balaban J connectivity index is 2.42. The fourth-order valence-electron chi connectivity index (χ4n) is 2.77. The molecule has 1 fully saturated rings. The van der Waals surface area contributed by atoms with Gasteiger partial charge in [0.25, 0.3) is 0 Å². The first kappa shape index (κ1) is 14.6. The van der Waals surface area contributed by atoms with Crippen LogP contribution in [0.25, 0.3) is 0 Å². The van der Waals surface area contributed by atoms with Gasteiger partial charge in [-0.05, 0) is 25.0 Å². The van der Waals surface area contributed by atoms with Crippen LogP contribution in [0.1, 0.15) is 33.6 Å². The Morgan fingerprint density at radius 2 is 1.95 bits per heavy atom. The monoisotopic (exact) mass is 287 g/mol. The second kappa shape index (κ2) is 4.93. The van der Waals surface area contributed by atoms with Gasteiger partial charge in [-0.15, -0.1) is 0 Å². The van der Waals surface area contributed by atoms with E-state index in [1.54, 1.807) is 26.8 Å². The molecular formula is C14H22FNO2S. The first-order valence-corrected chi connectivity index (χ1v) is 8.56. The summed E-state index contributed by atoms with van der Waals surface area (Å²) in [6.07, 6.45) is 5.42. The molecule has 1 unspecified atom stereocenters. The number of rotatable bonds is 3. The molecule has 2 aliphatic rings. The van der Waals surface area contributed by atoms with Crippen LogP contribution in [0.2, 0.25) is 0 Å². The summed E-state index contributed by atoms with van der Waals surface area (Å²) in [7, 11) is -3.31. The SMILES string of the molecule is CCS(=O)(=O)C1C=C(N2CCCC2)C=C(F)C1(C)C. The Bertz CT molecular complexity index is 514. The summed E-state index contributed by atoms with van der Waals surface area (Å²) >= 11 is 0. The highest BCUT2D eigenvalue weighted by Crippen LogP contribution is 2.41. The second-order valence-corrected chi connectivity index (χ2v) is 8.28. The van der Waals surface area contributed by atoms with Crippen molar-refractivity contribution in [2.75, 3.05) is 18.8 Å². The molecule has 2 rings (SSSR count). The van der Waals surface area contributed by atoms with Crippen molar-refractivity contribution in [3.8, 4) is 0 Å². The maximum atomic E-state index is 14.3. The molecule has 1 aliphatic heterocycles. The van der Waals surface area contributed by atoms with E-state index in [4.69, 9.17) is 0 Å². The minimum absolute atomic E-state index is 0.0398. The van der Waals surface area contributed by atoms with E-state index in [1.165, 1.54) is 6.08 Å². The molecule has 19 heavy (non-hydrogen) atoms. The van der Waals surface area contributed by atoms with Crippen LogP contribution in [-0.2, 0) is 9.84 Å². The van der Waals surface area contributed by atoms with E-state index in [1.807, 2.05) is 0 Å². The van der Waals surface area contributed by atoms with Gasteiger partial charge in [0.15, 0.2) is 9.84 Å². The average molecular weight is 287 g/mol. The molecule has 0 aromatic rings. The third kappa shape index (κ3) is 2.57. The van der Waals surface area contributed by atoms with Crippen molar-refractivity contribution in [2.45, 2.75) is 38.9 Å². The van der Waals surface area contributed by atoms with Crippen LogP contribution in [-0.4, -0.2) is 37.4 Å². The number of hydrogen-bond acceptors (Lipinski definition) is 3. The van der Waals surface area contributed by atoms with E-state index in [0.717, 1.165) is 31.6 Å². The molecule has 108 valence electrons. The van der Waals surface area contributed by atoms with E-state index < -0.39 is 20.5 Å². The highest BCUT2D eigenvalue weighted by Gasteiger charge is 2.43. The standard InChI is InChI=1S/C14H22FNO2S/c1-4-19(17,18)13-10-11(16-7-5-6-8-16)9-12(15)14(13,2)3/h9-10,13H,4-8H2,1-3H3. The minimum Gasteiger partial charge on any atom is -0.372 e. The number of allylic oxidation sites excluding steroid dienone is 2. The van der Waals surface area contributed by atoms with Gasteiger partial charge in [-0.2, -0.15) is 0 Å². The molecule has 5 heteroatoms. The molecule has 0 aromatic heterocycles. The molecular weight excluding hydrogens is 265 g/mol. The van der Waals surface area contributed by atoms with Crippen molar-refractivity contribution < 1.29 is 12.8 Å². The Hall–Kier alpha value is -0.840. The summed E-state index contributed by atoms with van der Waals surface area (Å²) in [6, 6.07) is 0. The van der Waals surface area contributed by atoms with Crippen LogP contribution in [0.3, 0.4) is 0 Å². The first-order valence-electron chi connectivity index (χ1n) is 6.85. The van der Waals surface area contributed by atoms with Crippen LogP contribution in [0, 0.1) is 5.41 Å². The third-order valence-electron chi connectivity index (χ3n) is 4.18. The van der Waals surface area contributed by atoms with E-state index in [9.17, 15) is 12.8 Å². The predicted molar refractivity (Wildman–Crippen MR) is 75.1 cm³/mol. The van der Waals surface area contributed by atoms with Crippen molar-refractivity contribution in [3.05, 3.63) is 23.7 Å². The van der Waals surface area contributed by atoms with Crippen LogP contribution >= 0.6 is 0 Å². The molecule has 0 amide bonds. The van der Waals surface area contributed by atoms with E-state index in [-0.39, 0.29) is 11.6 Å². The molecule has 0 spiro atoms. The third-order valence-corrected chi connectivity index (χ3v) is 6.49. The van der Waals surface area contributed by atoms with Crippen molar-refractivity contribution in [1.82, 2.24) is 4.90 Å². The van der Waals surface area contributed by atoms with Crippen LogP contribution in [0.15, 0.2) is 23.7 Å². The Morgan fingerprint density at radius 3 is 2.47 bits per heavy atom. The molecule has 0 radical (unpaired) electrons. The lowest BCUT2D eigenvalue weighted by Gasteiger charge is -2.36. The van der Waals surface area contributed by atoms with Crippen LogP contribution < -0.4 is 0 Å². The molecule has 1 heterocycles. The summed E-state index contributed by atoms with van der Waals surface area (Å²) < 4.78 is 38.7. The maximum absolute atomic E-state index is 14.3. The lowest BCUT2D eigenvalue weighted by molar-refractivity contribution is 0.331. The van der Waals surface area contributed by atoms with E-state index in [2.05, 4.69) is 4.90 Å². The maximum Gasteiger partial charge on any atom is 0.157 e. The summed E-state index contributed by atoms with van der Waals surface area (Å²) in [5.74, 6) is -0.294. The summed E-state index contributed by atoms with van der Waals surface area (Å²) in [4.78, 5) is 2.08. The normalized spacial score (nSPS) is 27.2. The smallest absolute Gasteiger partial charge is 0.157 e. The van der Waals surface area contributed by atoms with Crippen molar-refractivity contribution >= 4 is 9.84 Å². The van der Waals surface area contributed by atoms with Gasteiger partial charge in [0.1, 0.15) is 5.83 Å². The van der Waals surface area contributed by atoms with Gasteiger partial charge in [0.05, 0.1) is 5.25 Å². The van der Waals surface area contributed by atoms with Gasteiger partial charge in [-0.25, -0.2) is 12.8 Å². The lowest BCUT2D eigenvalue weighted by Crippen LogP contribution is -2.40. The van der Waals surface area contributed by atoms with Gasteiger partial charge >= 0.3 is 0 Å². The van der Waals surface area contributed by atoms with E-state index in [0.29, 0.717) is 0 Å². The Labute approximate surface area is 115 Å². The molecule has 1 aliphatic carbocycles. The average Bonchev–Trinajstić information content (AvgIpc) is 2.85. The number of halogens is 1. The first-order chi connectivity index (χ1) is 8.79. The fourth-order valence-corrected chi connectivity index (χ4v) is 4.48. The molecule has 3 nitrogen and oxygen atoms in total. The van der Waals surface area contributed by atoms with Crippen molar-refractivity contribution in [1.29, 1.82) is 0 Å². The highest BCUT2D eigenvalue weighted by atomic mass is 32.2. The summed E-state index contributed by atoms with van der Waals surface area (Å²) in [5, 5.41) is -0.773. The molecule has 1 atom stereocenters. The molecule has 0 N–H and O–H groups in total. The number of likely N-dealkylation sites (tertiary alicyclic amines) is 1. The molecule has 0 bridgehead atoms. The molecule has 0 saturated carbocycles. The molecule has 0 aromatic carbocycles. The minimum atomic E-state index is -3.31. The van der Waals surface area contributed by atoms with Crippen molar-refractivity contribution in [2.24, 2.45) is 5.41 Å². The number of nitrogens with zero attached hydrogens (tertiary/aromatic N) is 1. The van der Waals surface area contributed by atoms with Crippen LogP contribution in [0.5, 0.6) is 0 Å². The van der Waals surface area contributed by atoms with Gasteiger partial charge in [-0.3, -0.25) is 0 Å². The number of sulfone groups is 1. The van der Waals surface area contributed by atoms with Gasteiger partial charge in [0, 0.05) is 30.0 Å². The predicted octanol–water partition coefficient (Wildman–Crippen LogP) is 2.66. The topological polar surface area (TPSA) is 37.4 Å². The largest absolute Gasteiger partial charge is 0.372 e.